The molecule has 1 unspecified atom stereocenters. The van der Waals surface area contributed by atoms with E-state index in [9.17, 15) is 24.9 Å². The van der Waals surface area contributed by atoms with Gasteiger partial charge in [-0.2, -0.15) is 0 Å². The molecule has 36 heavy (non-hydrogen) atoms. The number of para-hydroxylation sites is 1. The van der Waals surface area contributed by atoms with Crippen LogP contribution in [0.3, 0.4) is 0 Å². The van der Waals surface area contributed by atoms with Gasteiger partial charge in [-0.15, -0.1) is 0 Å². The molecule has 4 aromatic rings. The van der Waals surface area contributed by atoms with Gasteiger partial charge in [0.05, 0.1) is 11.1 Å². The van der Waals surface area contributed by atoms with Crippen LogP contribution in [0.2, 0.25) is 0 Å². The second-order valence-corrected chi connectivity index (χ2v) is 8.18. The first-order chi connectivity index (χ1) is 17.4. The molecule has 6 nitrogen and oxygen atoms in total. The van der Waals surface area contributed by atoms with Crippen molar-refractivity contribution in [2.75, 3.05) is 0 Å². The highest BCUT2D eigenvalue weighted by molar-refractivity contribution is 6.02. The number of carboxylic acid groups (broad SMARTS) is 2. The average Bonchev–Trinajstić information content (AvgIpc) is 2.89. The van der Waals surface area contributed by atoms with Crippen LogP contribution in [0.25, 0.3) is 6.08 Å². The van der Waals surface area contributed by atoms with Gasteiger partial charge in [0.25, 0.3) is 0 Å². The minimum atomic E-state index is -1.33. The molecule has 0 saturated carbocycles. The summed E-state index contributed by atoms with van der Waals surface area (Å²) < 4.78 is 5.83. The summed E-state index contributed by atoms with van der Waals surface area (Å²) in [6.45, 7) is 0. The van der Waals surface area contributed by atoms with Crippen LogP contribution in [0.4, 0.5) is 0 Å². The number of aliphatic hydroxyl groups is 1. The smallest absolute Gasteiger partial charge is 0.336 e. The van der Waals surface area contributed by atoms with E-state index in [0.29, 0.717) is 34.6 Å². The van der Waals surface area contributed by atoms with Crippen LogP contribution in [-0.4, -0.2) is 27.3 Å². The summed E-state index contributed by atoms with van der Waals surface area (Å²) >= 11 is 0. The summed E-state index contributed by atoms with van der Waals surface area (Å²) in [5, 5.41) is 30.1. The van der Waals surface area contributed by atoms with E-state index in [4.69, 9.17) is 4.74 Å². The Bertz CT molecular complexity index is 1380. The predicted molar refractivity (Wildman–Crippen MR) is 136 cm³/mol. The zero-order chi connectivity index (χ0) is 25.5. The third kappa shape index (κ3) is 6.05. The lowest BCUT2D eigenvalue weighted by molar-refractivity contribution is 0.0651. The van der Waals surface area contributed by atoms with Crippen molar-refractivity contribution in [3.63, 3.8) is 0 Å². The highest BCUT2D eigenvalue weighted by Gasteiger charge is 2.18. The van der Waals surface area contributed by atoms with Gasteiger partial charge in [-0.25, -0.2) is 9.59 Å². The second-order valence-electron chi connectivity index (χ2n) is 8.18. The van der Waals surface area contributed by atoms with Crippen LogP contribution in [0.1, 0.15) is 43.5 Å². The maximum Gasteiger partial charge on any atom is 0.336 e. The Morgan fingerprint density at radius 1 is 0.722 bits per heavy atom. The van der Waals surface area contributed by atoms with Crippen LogP contribution in [0.5, 0.6) is 11.5 Å². The lowest BCUT2D eigenvalue weighted by Gasteiger charge is -2.17. The van der Waals surface area contributed by atoms with Gasteiger partial charge < -0.3 is 20.1 Å². The molecule has 0 fully saturated rings. The molecule has 6 heteroatoms. The number of ether oxygens (including phenoxy) is 1. The van der Waals surface area contributed by atoms with Crippen LogP contribution in [-0.2, 0) is 6.42 Å². The van der Waals surface area contributed by atoms with Crippen molar-refractivity contribution < 1.29 is 29.6 Å². The number of carboxylic acids is 2. The molecule has 3 N–H and O–H groups in total. The van der Waals surface area contributed by atoms with Crippen molar-refractivity contribution in [1.29, 1.82) is 0 Å². The van der Waals surface area contributed by atoms with E-state index in [-0.39, 0.29) is 11.1 Å². The molecular weight excluding hydrogens is 456 g/mol. The summed E-state index contributed by atoms with van der Waals surface area (Å²) in [5.74, 6) is -1.32. The van der Waals surface area contributed by atoms with Gasteiger partial charge in [-0.1, -0.05) is 72.8 Å². The first-order valence-corrected chi connectivity index (χ1v) is 11.3. The molecule has 0 spiro atoms. The first kappa shape index (κ1) is 24.4. The SMILES string of the molecule is O=C(O)c1ccc(C=C(Cc2ccccc2)C(O)c2ccc(Oc3ccccc3)cc2)cc1C(=O)O. The van der Waals surface area contributed by atoms with E-state index < -0.39 is 18.0 Å². The minimum Gasteiger partial charge on any atom is -0.478 e. The Morgan fingerprint density at radius 2 is 1.31 bits per heavy atom. The molecule has 0 amide bonds. The van der Waals surface area contributed by atoms with Gasteiger partial charge in [0, 0.05) is 0 Å². The van der Waals surface area contributed by atoms with Crippen molar-refractivity contribution in [2.45, 2.75) is 12.5 Å². The predicted octanol–water partition coefficient (Wildman–Crippen LogP) is 6.24. The summed E-state index contributed by atoms with van der Waals surface area (Å²) in [6.07, 6.45) is 1.13. The van der Waals surface area contributed by atoms with Gasteiger partial charge in [0.15, 0.2) is 0 Å². The van der Waals surface area contributed by atoms with Crippen molar-refractivity contribution in [1.82, 2.24) is 0 Å². The molecule has 0 saturated heterocycles. The van der Waals surface area contributed by atoms with Crippen molar-refractivity contribution in [3.05, 3.63) is 137 Å². The Hall–Kier alpha value is -4.68. The van der Waals surface area contributed by atoms with E-state index in [2.05, 4.69) is 0 Å². The molecule has 1 atom stereocenters. The number of hydrogen-bond acceptors (Lipinski definition) is 4. The molecule has 0 aliphatic heterocycles. The van der Waals surface area contributed by atoms with Crippen molar-refractivity contribution in [3.8, 4) is 11.5 Å². The summed E-state index contributed by atoms with van der Waals surface area (Å²) in [5.41, 5.74) is 2.10. The largest absolute Gasteiger partial charge is 0.478 e. The highest BCUT2D eigenvalue weighted by Crippen LogP contribution is 2.30. The standard InChI is InChI=1S/C30H24O6/c31-28(22-12-14-25(15-13-22)36-24-9-5-2-6-10-24)23(17-20-7-3-1-4-8-20)18-21-11-16-26(29(32)33)27(19-21)30(34)35/h1-16,18-19,28,31H,17H2,(H,32,33)(H,34,35). The normalized spacial score (nSPS) is 12.1. The third-order valence-corrected chi connectivity index (χ3v) is 5.63. The second kappa shape index (κ2) is 11.2. The van der Waals surface area contributed by atoms with Crippen LogP contribution >= 0.6 is 0 Å². The maximum atomic E-state index is 11.6. The molecule has 0 aromatic heterocycles. The molecule has 4 rings (SSSR count). The lowest BCUT2D eigenvalue weighted by Crippen LogP contribution is -2.08. The van der Waals surface area contributed by atoms with Crippen LogP contribution < -0.4 is 4.74 Å². The summed E-state index contributed by atoms with van der Waals surface area (Å²) in [7, 11) is 0. The Kier molecular flexibility index (Phi) is 7.58. The molecule has 0 heterocycles. The molecule has 0 aliphatic rings. The molecule has 0 radical (unpaired) electrons. The van der Waals surface area contributed by atoms with Gasteiger partial charge in [-0.3, -0.25) is 0 Å². The molecule has 0 bridgehead atoms. The number of aromatic carboxylic acids is 2. The number of aliphatic hydroxyl groups excluding tert-OH is 1. The summed E-state index contributed by atoms with van der Waals surface area (Å²) in [4.78, 5) is 23.0. The van der Waals surface area contributed by atoms with Gasteiger partial charge >= 0.3 is 11.9 Å². The van der Waals surface area contributed by atoms with Crippen LogP contribution in [0.15, 0.2) is 109 Å². The van der Waals surface area contributed by atoms with Crippen molar-refractivity contribution >= 4 is 18.0 Å². The average molecular weight is 481 g/mol. The zero-order valence-electron chi connectivity index (χ0n) is 19.2. The maximum absolute atomic E-state index is 11.6. The monoisotopic (exact) mass is 480 g/mol. The third-order valence-electron chi connectivity index (χ3n) is 5.63. The molecule has 0 aliphatic carbocycles. The number of carbonyl (C=O) groups is 2. The van der Waals surface area contributed by atoms with Crippen molar-refractivity contribution in [2.24, 2.45) is 0 Å². The fourth-order valence-corrected chi connectivity index (χ4v) is 3.84. The van der Waals surface area contributed by atoms with Gasteiger partial charge in [-0.05, 0) is 65.1 Å². The first-order valence-electron chi connectivity index (χ1n) is 11.3. The van der Waals surface area contributed by atoms with E-state index in [0.717, 1.165) is 5.56 Å². The quantitative estimate of drug-likeness (QED) is 0.262. The van der Waals surface area contributed by atoms with E-state index in [1.165, 1.54) is 18.2 Å². The Balaban J connectivity index is 1.66. The molecular formula is C30H24O6. The lowest BCUT2D eigenvalue weighted by atomic mass is 9.93. The van der Waals surface area contributed by atoms with E-state index >= 15 is 0 Å². The minimum absolute atomic E-state index is 0.293. The summed E-state index contributed by atoms with van der Waals surface area (Å²) in [6, 6.07) is 30.2. The number of hydrogen-bond donors (Lipinski definition) is 3. The van der Waals surface area contributed by atoms with Gasteiger partial charge in [0.1, 0.15) is 17.6 Å². The van der Waals surface area contributed by atoms with E-state index in [1.807, 2.05) is 60.7 Å². The highest BCUT2D eigenvalue weighted by atomic mass is 16.5. The number of benzene rings is 4. The Labute approximate surface area is 208 Å². The van der Waals surface area contributed by atoms with Gasteiger partial charge in [0.2, 0.25) is 0 Å². The molecule has 4 aromatic carbocycles. The number of rotatable bonds is 9. The molecule has 180 valence electrons. The zero-order valence-corrected chi connectivity index (χ0v) is 19.2. The Morgan fingerprint density at radius 3 is 1.92 bits per heavy atom. The van der Waals surface area contributed by atoms with E-state index in [1.54, 1.807) is 30.3 Å². The van der Waals surface area contributed by atoms with Crippen LogP contribution in [0, 0.1) is 0 Å². The fraction of sp³-hybridized carbons (Fsp3) is 0.0667. The topological polar surface area (TPSA) is 104 Å². The fourth-order valence-electron chi connectivity index (χ4n) is 3.84.